The van der Waals surface area contributed by atoms with Crippen LogP contribution in [-0.2, 0) is 4.74 Å². The fraction of sp³-hybridized carbons (Fsp3) is 0.625. The van der Waals surface area contributed by atoms with Crippen LogP contribution in [0.1, 0.15) is 51.7 Å². The van der Waals surface area contributed by atoms with Crippen molar-refractivity contribution in [2.24, 2.45) is 11.7 Å². The summed E-state index contributed by atoms with van der Waals surface area (Å²) in [6, 6.07) is 6.40. The van der Waals surface area contributed by atoms with Crippen LogP contribution in [-0.4, -0.2) is 12.6 Å². The van der Waals surface area contributed by atoms with E-state index in [0.717, 1.165) is 24.8 Å². The lowest BCUT2D eigenvalue weighted by Crippen LogP contribution is -2.30. The highest BCUT2D eigenvalue weighted by molar-refractivity contribution is 5.20. The largest absolute Gasteiger partial charge is 0.372 e. The lowest BCUT2D eigenvalue weighted by atomic mass is 10.0. The van der Waals surface area contributed by atoms with Gasteiger partial charge in [0.05, 0.1) is 12.7 Å². The highest BCUT2D eigenvalue weighted by Gasteiger charge is 2.20. The van der Waals surface area contributed by atoms with Crippen LogP contribution in [0, 0.1) is 11.7 Å². The smallest absolute Gasteiger partial charge is 0.123 e. The summed E-state index contributed by atoms with van der Waals surface area (Å²) < 4.78 is 19.0. The molecule has 0 amide bonds. The maximum atomic E-state index is 13.0. The van der Waals surface area contributed by atoms with E-state index < -0.39 is 0 Å². The molecule has 3 atom stereocenters. The fourth-order valence-corrected chi connectivity index (χ4v) is 2.18. The van der Waals surface area contributed by atoms with Crippen molar-refractivity contribution in [1.82, 2.24) is 0 Å². The molecule has 0 aliphatic rings. The molecule has 0 saturated carbocycles. The number of halogens is 1. The van der Waals surface area contributed by atoms with Crippen molar-refractivity contribution >= 4 is 0 Å². The standard InChI is InChI=1S/C16H26FNO/c1-4-6-12(3)11-19-16(15(18)5-2)13-7-9-14(17)10-8-13/h7-10,12,15-16H,4-6,11,18H2,1-3H3. The Morgan fingerprint density at radius 3 is 2.37 bits per heavy atom. The predicted octanol–water partition coefficient (Wildman–Crippen LogP) is 4.06. The van der Waals surface area contributed by atoms with E-state index in [0.29, 0.717) is 12.5 Å². The molecule has 3 heteroatoms. The summed E-state index contributed by atoms with van der Waals surface area (Å²) in [4.78, 5) is 0. The molecular formula is C16H26FNO. The number of benzene rings is 1. The zero-order chi connectivity index (χ0) is 14.3. The molecule has 1 aromatic rings. The summed E-state index contributed by atoms with van der Waals surface area (Å²) in [5, 5.41) is 0. The lowest BCUT2D eigenvalue weighted by molar-refractivity contribution is 0.0131. The first kappa shape index (κ1) is 16.1. The summed E-state index contributed by atoms with van der Waals surface area (Å²) >= 11 is 0. The number of hydrogen-bond donors (Lipinski definition) is 1. The number of hydrogen-bond acceptors (Lipinski definition) is 2. The minimum absolute atomic E-state index is 0.0562. The van der Waals surface area contributed by atoms with Crippen molar-refractivity contribution in [3.05, 3.63) is 35.6 Å². The van der Waals surface area contributed by atoms with Gasteiger partial charge in [-0.3, -0.25) is 0 Å². The predicted molar refractivity (Wildman–Crippen MR) is 77.4 cm³/mol. The molecule has 2 N–H and O–H groups in total. The topological polar surface area (TPSA) is 35.2 Å². The van der Waals surface area contributed by atoms with E-state index in [2.05, 4.69) is 13.8 Å². The molecule has 1 aromatic carbocycles. The maximum Gasteiger partial charge on any atom is 0.123 e. The quantitative estimate of drug-likeness (QED) is 0.771. The second kappa shape index (κ2) is 8.28. The van der Waals surface area contributed by atoms with Crippen LogP contribution >= 0.6 is 0 Å². The molecule has 0 spiro atoms. The summed E-state index contributed by atoms with van der Waals surface area (Å²) in [5.41, 5.74) is 7.09. The van der Waals surface area contributed by atoms with Crippen LogP contribution in [0.2, 0.25) is 0 Å². The molecule has 0 heterocycles. The Labute approximate surface area is 116 Å². The first-order chi connectivity index (χ1) is 9.08. The fourth-order valence-electron chi connectivity index (χ4n) is 2.18. The van der Waals surface area contributed by atoms with Crippen LogP contribution in [0.15, 0.2) is 24.3 Å². The van der Waals surface area contributed by atoms with Gasteiger partial charge in [-0.05, 0) is 36.5 Å². The van der Waals surface area contributed by atoms with Gasteiger partial charge in [0, 0.05) is 6.04 Å². The molecule has 0 aliphatic carbocycles. The molecule has 2 nitrogen and oxygen atoms in total. The molecule has 108 valence electrons. The van der Waals surface area contributed by atoms with Gasteiger partial charge in [-0.15, -0.1) is 0 Å². The van der Waals surface area contributed by atoms with E-state index in [9.17, 15) is 4.39 Å². The monoisotopic (exact) mass is 267 g/mol. The van der Waals surface area contributed by atoms with Crippen LogP contribution < -0.4 is 5.73 Å². The second-order valence-electron chi connectivity index (χ2n) is 5.27. The number of ether oxygens (including phenoxy) is 1. The van der Waals surface area contributed by atoms with Gasteiger partial charge in [-0.2, -0.15) is 0 Å². The van der Waals surface area contributed by atoms with Gasteiger partial charge >= 0.3 is 0 Å². The van der Waals surface area contributed by atoms with Gasteiger partial charge in [0.1, 0.15) is 5.82 Å². The van der Waals surface area contributed by atoms with E-state index in [-0.39, 0.29) is 18.0 Å². The third-order valence-corrected chi connectivity index (χ3v) is 3.40. The third-order valence-electron chi connectivity index (χ3n) is 3.40. The summed E-state index contributed by atoms with van der Waals surface area (Å²) in [5.74, 6) is 0.295. The van der Waals surface area contributed by atoms with Gasteiger partial charge in [-0.1, -0.05) is 39.3 Å². The van der Waals surface area contributed by atoms with E-state index in [1.165, 1.54) is 12.1 Å². The van der Waals surface area contributed by atoms with Crippen LogP contribution in [0.5, 0.6) is 0 Å². The average Bonchev–Trinajstić information content (AvgIpc) is 2.41. The molecule has 1 rings (SSSR count). The first-order valence-corrected chi connectivity index (χ1v) is 7.21. The molecule has 3 unspecified atom stereocenters. The van der Waals surface area contributed by atoms with Crippen molar-refractivity contribution < 1.29 is 9.13 Å². The van der Waals surface area contributed by atoms with Gasteiger partial charge in [0.2, 0.25) is 0 Å². The Bertz CT molecular complexity index is 352. The van der Waals surface area contributed by atoms with E-state index in [1.54, 1.807) is 12.1 Å². The molecule has 0 radical (unpaired) electrons. The molecule has 0 saturated heterocycles. The highest BCUT2D eigenvalue weighted by Crippen LogP contribution is 2.23. The number of rotatable bonds is 8. The molecule has 19 heavy (non-hydrogen) atoms. The van der Waals surface area contributed by atoms with E-state index >= 15 is 0 Å². The third kappa shape index (κ3) is 5.29. The normalized spacial score (nSPS) is 16.1. The highest BCUT2D eigenvalue weighted by atomic mass is 19.1. The zero-order valence-corrected chi connectivity index (χ0v) is 12.2. The average molecular weight is 267 g/mol. The Morgan fingerprint density at radius 2 is 1.84 bits per heavy atom. The maximum absolute atomic E-state index is 13.0. The van der Waals surface area contributed by atoms with Crippen molar-refractivity contribution in [1.29, 1.82) is 0 Å². The van der Waals surface area contributed by atoms with Crippen molar-refractivity contribution in [2.45, 2.75) is 52.2 Å². The van der Waals surface area contributed by atoms with Gasteiger partial charge in [0.25, 0.3) is 0 Å². The van der Waals surface area contributed by atoms with Crippen molar-refractivity contribution in [3.8, 4) is 0 Å². The second-order valence-corrected chi connectivity index (χ2v) is 5.27. The molecule has 0 fully saturated rings. The minimum atomic E-state index is -0.230. The number of nitrogens with two attached hydrogens (primary N) is 1. The van der Waals surface area contributed by atoms with Crippen LogP contribution in [0.3, 0.4) is 0 Å². The summed E-state index contributed by atoms with van der Waals surface area (Å²) in [6.07, 6.45) is 3.00. The Balaban J connectivity index is 2.69. The van der Waals surface area contributed by atoms with Crippen molar-refractivity contribution in [2.75, 3.05) is 6.61 Å². The summed E-state index contributed by atoms with van der Waals surface area (Å²) in [7, 11) is 0. The molecule has 0 aliphatic heterocycles. The van der Waals surface area contributed by atoms with Gasteiger partial charge < -0.3 is 10.5 Å². The molecular weight excluding hydrogens is 241 g/mol. The van der Waals surface area contributed by atoms with Gasteiger partial charge in [-0.25, -0.2) is 4.39 Å². The van der Waals surface area contributed by atoms with Crippen LogP contribution in [0.4, 0.5) is 4.39 Å². The minimum Gasteiger partial charge on any atom is -0.372 e. The molecule has 0 aromatic heterocycles. The lowest BCUT2D eigenvalue weighted by Gasteiger charge is -2.25. The van der Waals surface area contributed by atoms with Gasteiger partial charge in [0.15, 0.2) is 0 Å². The van der Waals surface area contributed by atoms with E-state index in [1.807, 2.05) is 6.92 Å². The summed E-state index contributed by atoms with van der Waals surface area (Å²) in [6.45, 7) is 7.10. The first-order valence-electron chi connectivity index (χ1n) is 7.21. The van der Waals surface area contributed by atoms with Crippen LogP contribution in [0.25, 0.3) is 0 Å². The molecule has 0 bridgehead atoms. The SMILES string of the molecule is CCCC(C)COC(c1ccc(F)cc1)C(N)CC. The Kier molecular flexibility index (Phi) is 7.03. The van der Waals surface area contributed by atoms with E-state index in [4.69, 9.17) is 10.5 Å². The zero-order valence-electron chi connectivity index (χ0n) is 12.2. The Morgan fingerprint density at radius 1 is 1.21 bits per heavy atom. The Hall–Kier alpha value is -0.930. The van der Waals surface area contributed by atoms with Crippen molar-refractivity contribution in [3.63, 3.8) is 0 Å².